The van der Waals surface area contributed by atoms with Gasteiger partial charge in [0.25, 0.3) is 5.91 Å². The fourth-order valence-corrected chi connectivity index (χ4v) is 2.40. The molecule has 6 nitrogen and oxygen atoms in total. The summed E-state index contributed by atoms with van der Waals surface area (Å²) in [5, 5.41) is 21.0. The van der Waals surface area contributed by atoms with E-state index in [1.54, 1.807) is 12.1 Å². The summed E-state index contributed by atoms with van der Waals surface area (Å²) in [7, 11) is 0. The Kier molecular flexibility index (Phi) is 6.91. The molecule has 0 radical (unpaired) electrons. The molecule has 0 aliphatic heterocycles. The molecular weight excluding hydrogens is 449 g/mol. The SMILES string of the molecule is O=C(NF)c1ccc(Nc2ccc(I)cc2F)cc1OCC(O)CO. The van der Waals surface area contributed by atoms with E-state index in [9.17, 15) is 18.8 Å². The third-order valence-electron chi connectivity index (χ3n) is 3.16. The van der Waals surface area contributed by atoms with Gasteiger partial charge in [0.05, 0.1) is 17.9 Å². The second-order valence-corrected chi connectivity index (χ2v) is 6.28. The van der Waals surface area contributed by atoms with Gasteiger partial charge in [-0.2, -0.15) is 5.54 Å². The molecule has 0 aliphatic rings. The van der Waals surface area contributed by atoms with Crippen LogP contribution in [0, 0.1) is 9.39 Å². The summed E-state index contributed by atoms with van der Waals surface area (Å²) >= 11 is 1.98. The van der Waals surface area contributed by atoms with Crippen molar-refractivity contribution >= 4 is 39.9 Å². The van der Waals surface area contributed by atoms with Crippen LogP contribution < -0.4 is 15.6 Å². The number of hydrogen-bond donors (Lipinski definition) is 4. The molecule has 0 spiro atoms. The van der Waals surface area contributed by atoms with E-state index in [0.29, 0.717) is 5.69 Å². The molecule has 134 valence electrons. The summed E-state index contributed by atoms with van der Waals surface area (Å²) in [4.78, 5) is 11.6. The fourth-order valence-electron chi connectivity index (χ4n) is 1.94. The number of nitrogens with one attached hydrogen (secondary N) is 2. The van der Waals surface area contributed by atoms with Crippen LogP contribution in [-0.2, 0) is 0 Å². The van der Waals surface area contributed by atoms with E-state index in [1.165, 1.54) is 24.3 Å². The van der Waals surface area contributed by atoms with Gasteiger partial charge in [-0.1, -0.05) is 4.48 Å². The number of aliphatic hydroxyl groups is 2. The lowest BCUT2D eigenvalue weighted by molar-refractivity contribution is 0.0529. The number of halogens is 3. The maximum absolute atomic E-state index is 13.9. The second-order valence-electron chi connectivity index (χ2n) is 5.03. The van der Waals surface area contributed by atoms with Gasteiger partial charge in [-0.3, -0.25) is 4.79 Å². The van der Waals surface area contributed by atoms with Crippen molar-refractivity contribution in [3.63, 3.8) is 0 Å². The Morgan fingerprint density at radius 2 is 2.04 bits per heavy atom. The van der Waals surface area contributed by atoms with Gasteiger partial charge in [-0.05, 0) is 52.9 Å². The van der Waals surface area contributed by atoms with Crippen molar-refractivity contribution in [3.05, 3.63) is 51.3 Å². The van der Waals surface area contributed by atoms with Crippen molar-refractivity contribution in [3.8, 4) is 5.75 Å². The molecule has 9 heteroatoms. The van der Waals surface area contributed by atoms with Gasteiger partial charge in [0.1, 0.15) is 24.3 Å². The topological polar surface area (TPSA) is 90.8 Å². The molecule has 0 bridgehead atoms. The summed E-state index contributed by atoms with van der Waals surface area (Å²) in [6.45, 7) is -0.832. The minimum atomic E-state index is -1.16. The predicted octanol–water partition coefficient (Wildman–Crippen LogP) is 2.52. The van der Waals surface area contributed by atoms with Crippen LogP contribution in [0.15, 0.2) is 36.4 Å². The van der Waals surface area contributed by atoms with E-state index in [-0.39, 0.29) is 23.6 Å². The van der Waals surface area contributed by atoms with Crippen molar-refractivity contribution in [2.45, 2.75) is 6.10 Å². The summed E-state index contributed by atoms with van der Waals surface area (Å²) in [5.41, 5.74) is 1.49. The fraction of sp³-hybridized carbons (Fsp3) is 0.188. The molecule has 1 atom stereocenters. The quantitative estimate of drug-likeness (QED) is 0.374. The molecule has 0 heterocycles. The van der Waals surface area contributed by atoms with Gasteiger partial charge < -0.3 is 20.3 Å². The van der Waals surface area contributed by atoms with Gasteiger partial charge in [-0.15, -0.1) is 0 Å². The molecule has 0 saturated heterocycles. The number of anilines is 2. The molecule has 2 rings (SSSR count). The van der Waals surface area contributed by atoms with E-state index in [1.807, 2.05) is 22.6 Å². The molecule has 1 unspecified atom stereocenters. The van der Waals surface area contributed by atoms with Crippen LogP contribution >= 0.6 is 22.6 Å². The molecule has 0 aliphatic carbocycles. The van der Waals surface area contributed by atoms with Crippen LogP contribution in [-0.4, -0.2) is 35.4 Å². The van der Waals surface area contributed by atoms with Crippen molar-refractivity contribution in [1.29, 1.82) is 0 Å². The Balaban J connectivity index is 2.28. The van der Waals surface area contributed by atoms with Crippen LogP contribution in [0.25, 0.3) is 0 Å². The van der Waals surface area contributed by atoms with Crippen molar-refractivity contribution in [2.24, 2.45) is 0 Å². The Labute approximate surface area is 155 Å². The van der Waals surface area contributed by atoms with Gasteiger partial charge in [0, 0.05) is 15.3 Å². The molecule has 1 amide bonds. The third-order valence-corrected chi connectivity index (χ3v) is 3.84. The maximum atomic E-state index is 13.9. The molecule has 0 fully saturated rings. The Morgan fingerprint density at radius 1 is 1.28 bits per heavy atom. The van der Waals surface area contributed by atoms with Crippen molar-refractivity contribution in [2.75, 3.05) is 18.5 Å². The first-order chi connectivity index (χ1) is 11.9. The maximum Gasteiger partial charge on any atom is 0.282 e. The lowest BCUT2D eigenvalue weighted by Gasteiger charge is -2.15. The van der Waals surface area contributed by atoms with Gasteiger partial charge >= 0.3 is 0 Å². The van der Waals surface area contributed by atoms with E-state index >= 15 is 0 Å². The second kappa shape index (κ2) is 8.92. The smallest absolute Gasteiger partial charge is 0.282 e. The van der Waals surface area contributed by atoms with E-state index in [0.717, 1.165) is 9.11 Å². The highest BCUT2D eigenvalue weighted by Gasteiger charge is 2.15. The number of carbonyl (C=O) groups excluding carboxylic acids is 1. The standard InChI is InChI=1S/C16H15F2IN2O4/c17-13-5-9(19)1-4-14(13)20-10-2-3-12(16(24)21-18)15(6-10)25-8-11(23)7-22/h1-6,11,20,22-23H,7-8H2,(H,21,24). The average molecular weight is 464 g/mol. The Morgan fingerprint density at radius 3 is 2.68 bits per heavy atom. The predicted molar refractivity (Wildman–Crippen MR) is 96.0 cm³/mol. The summed E-state index contributed by atoms with van der Waals surface area (Å²) < 4.78 is 32.4. The number of carbonyl (C=O) groups is 1. The first-order valence-electron chi connectivity index (χ1n) is 7.13. The van der Waals surface area contributed by atoms with Crippen molar-refractivity contribution < 1.29 is 28.6 Å². The Bertz CT molecular complexity index is 761. The summed E-state index contributed by atoms with van der Waals surface area (Å²) in [6, 6.07) is 8.73. The zero-order chi connectivity index (χ0) is 18.4. The van der Waals surface area contributed by atoms with Crippen molar-refractivity contribution in [1.82, 2.24) is 5.54 Å². The lowest BCUT2D eigenvalue weighted by Crippen LogP contribution is -2.23. The minimum absolute atomic E-state index is 0.0291. The highest BCUT2D eigenvalue weighted by molar-refractivity contribution is 14.1. The monoisotopic (exact) mass is 464 g/mol. The van der Waals surface area contributed by atoms with E-state index < -0.39 is 24.4 Å². The molecule has 2 aromatic rings. The van der Waals surface area contributed by atoms with Gasteiger partial charge in [-0.25, -0.2) is 4.39 Å². The molecule has 2 aromatic carbocycles. The van der Waals surface area contributed by atoms with Gasteiger partial charge in [0.15, 0.2) is 0 Å². The lowest BCUT2D eigenvalue weighted by atomic mass is 10.1. The zero-order valence-electron chi connectivity index (χ0n) is 12.8. The molecule has 25 heavy (non-hydrogen) atoms. The molecule has 0 aromatic heterocycles. The van der Waals surface area contributed by atoms with Gasteiger partial charge in [0.2, 0.25) is 0 Å². The largest absolute Gasteiger partial charge is 0.490 e. The summed E-state index contributed by atoms with van der Waals surface area (Å²) in [5.74, 6) is -1.52. The van der Waals surface area contributed by atoms with Crippen LogP contribution in [0.4, 0.5) is 20.2 Å². The highest BCUT2D eigenvalue weighted by atomic mass is 127. The number of benzene rings is 2. The minimum Gasteiger partial charge on any atom is -0.490 e. The van der Waals surface area contributed by atoms with Crippen LogP contribution in [0.3, 0.4) is 0 Å². The summed E-state index contributed by atoms with van der Waals surface area (Å²) in [6.07, 6.45) is -1.16. The van der Waals surface area contributed by atoms with E-state index in [4.69, 9.17) is 9.84 Å². The first-order valence-corrected chi connectivity index (χ1v) is 8.21. The Hall–Kier alpha value is -1.98. The highest BCUT2D eigenvalue weighted by Crippen LogP contribution is 2.27. The molecule has 0 saturated carbocycles. The average Bonchev–Trinajstić information content (AvgIpc) is 2.61. The first kappa shape index (κ1) is 19.3. The van der Waals surface area contributed by atoms with Crippen LogP contribution in [0.5, 0.6) is 5.75 Å². The van der Waals surface area contributed by atoms with E-state index in [2.05, 4.69) is 5.32 Å². The zero-order valence-corrected chi connectivity index (χ0v) is 15.0. The van der Waals surface area contributed by atoms with Crippen LogP contribution in [0.1, 0.15) is 10.4 Å². The third kappa shape index (κ3) is 5.25. The number of rotatable bonds is 7. The number of hydrogen-bond acceptors (Lipinski definition) is 5. The number of ether oxygens (including phenoxy) is 1. The number of aliphatic hydroxyl groups excluding tert-OH is 2. The molecule has 4 N–H and O–H groups in total. The molecular formula is C16H15F2IN2O4. The number of amides is 1. The normalized spacial score (nSPS) is 11.7. The van der Waals surface area contributed by atoms with Crippen LogP contribution in [0.2, 0.25) is 0 Å².